The molecule has 0 fully saturated rings. The van der Waals surface area contributed by atoms with E-state index in [1.54, 1.807) is 6.07 Å². The number of halogens is 2. The van der Waals surface area contributed by atoms with Crippen LogP contribution in [0.15, 0.2) is 18.2 Å². The molecule has 0 saturated carbocycles. The Labute approximate surface area is 95.9 Å². The van der Waals surface area contributed by atoms with Gasteiger partial charge in [0.05, 0.1) is 6.04 Å². The first-order valence-electron chi connectivity index (χ1n) is 5.65. The second-order valence-electron chi connectivity index (χ2n) is 4.13. The number of hydrogen-bond acceptors (Lipinski definition) is 1. The smallest absolute Gasteiger partial charge is 0.257 e. The van der Waals surface area contributed by atoms with Gasteiger partial charge in [0.2, 0.25) is 0 Å². The van der Waals surface area contributed by atoms with E-state index in [1.165, 1.54) is 0 Å². The first-order chi connectivity index (χ1) is 7.56. The zero-order valence-electron chi connectivity index (χ0n) is 10.1. The van der Waals surface area contributed by atoms with Crippen molar-refractivity contribution in [2.45, 2.75) is 39.7 Å². The Balaban J connectivity index is 2.92. The van der Waals surface area contributed by atoms with Crippen molar-refractivity contribution in [1.29, 1.82) is 0 Å². The van der Waals surface area contributed by atoms with E-state index in [9.17, 15) is 8.78 Å². The summed E-state index contributed by atoms with van der Waals surface area (Å²) < 4.78 is 25.9. The van der Waals surface area contributed by atoms with E-state index in [2.05, 4.69) is 5.32 Å². The Kier molecular flexibility index (Phi) is 4.87. The van der Waals surface area contributed by atoms with Gasteiger partial charge in [-0.25, -0.2) is 8.78 Å². The molecular formula is C13H19F2N. The van der Waals surface area contributed by atoms with E-state index < -0.39 is 12.5 Å². The predicted octanol–water partition coefficient (Wildman–Crippen LogP) is 3.61. The van der Waals surface area contributed by atoms with Crippen LogP contribution in [0.4, 0.5) is 8.78 Å². The minimum atomic E-state index is -2.37. The average molecular weight is 227 g/mol. The van der Waals surface area contributed by atoms with Gasteiger partial charge in [0.1, 0.15) is 0 Å². The molecule has 0 aliphatic rings. The number of rotatable bonds is 5. The van der Waals surface area contributed by atoms with Crippen LogP contribution in [0.25, 0.3) is 0 Å². The largest absolute Gasteiger partial charge is 0.305 e. The highest BCUT2D eigenvalue weighted by molar-refractivity contribution is 5.33. The third-order valence-corrected chi connectivity index (χ3v) is 2.63. The molecule has 0 aromatic heterocycles. The number of nitrogens with one attached hydrogen (secondary N) is 1. The van der Waals surface area contributed by atoms with Gasteiger partial charge >= 0.3 is 0 Å². The van der Waals surface area contributed by atoms with Gasteiger partial charge in [-0.15, -0.1) is 0 Å². The predicted molar refractivity (Wildman–Crippen MR) is 63.0 cm³/mol. The molecule has 16 heavy (non-hydrogen) atoms. The SMILES string of the molecule is CCCNC(c1ccc(C)cc1C)C(F)F. The molecule has 1 atom stereocenters. The lowest BCUT2D eigenvalue weighted by Crippen LogP contribution is -2.28. The minimum Gasteiger partial charge on any atom is -0.305 e. The van der Waals surface area contributed by atoms with Crippen molar-refractivity contribution >= 4 is 0 Å². The molecule has 1 N–H and O–H groups in total. The molecule has 0 amide bonds. The first-order valence-corrected chi connectivity index (χ1v) is 5.65. The van der Waals surface area contributed by atoms with Crippen LogP contribution in [0, 0.1) is 13.8 Å². The molecule has 0 radical (unpaired) electrons. The summed E-state index contributed by atoms with van der Waals surface area (Å²) in [7, 11) is 0. The van der Waals surface area contributed by atoms with Gasteiger partial charge in [0, 0.05) is 0 Å². The highest BCUT2D eigenvalue weighted by atomic mass is 19.3. The molecule has 0 saturated heterocycles. The summed E-state index contributed by atoms with van der Waals surface area (Å²) in [6, 6.07) is 4.77. The van der Waals surface area contributed by atoms with E-state index in [0.717, 1.165) is 17.5 Å². The van der Waals surface area contributed by atoms with Crippen LogP contribution >= 0.6 is 0 Å². The molecule has 0 heterocycles. The standard InChI is InChI=1S/C13H19F2N/c1-4-7-16-12(13(14)15)11-6-5-9(2)8-10(11)3/h5-6,8,12-13,16H,4,7H2,1-3H3. The van der Waals surface area contributed by atoms with Gasteiger partial charge in [-0.2, -0.15) is 0 Å². The van der Waals surface area contributed by atoms with Gasteiger partial charge in [-0.05, 0) is 37.9 Å². The van der Waals surface area contributed by atoms with Crippen molar-refractivity contribution in [2.24, 2.45) is 0 Å². The summed E-state index contributed by atoms with van der Waals surface area (Å²) in [6.07, 6.45) is -1.51. The van der Waals surface area contributed by atoms with Crippen LogP contribution in [-0.2, 0) is 0 Å². The van der Waals surface area contributed by atoms with E-state index in [4.69, 9.17) is 0 Å². The lowest BCUT2D eigenvalue weighted by molar-refractivity contribution is 0.0982. The Morgan fingerprint density at radius 3 is 2.44 bits per heavy atom. The number of hydrogen-bond donors (Lipinski definition) is 1. The van der Waals surface area contributed by atoms with Crippen LogP contribution in [0.1, 0.15) is 36.1 Å². The maximum absolute atomic E-state index is 12.9. The van der Waals surface area contributed by atoms with Crippen LogP contribution in [0.5, 0.6) is 0 Å². The second-order valence-corrected chi connectivity index (χ2v) is 4.13. The fourth-order valence-corrected chi connectivity index (χ4v) is 1.81. The summed E-state index contributed by atoms with van der Waals surface area (Å²) in [6.45, 7) is 6.43. The van der Waals surface area contributed by atoms with E-state index in [1.807, 2.05) is 32.9 Å². The third-order valence-electron chi connectivity index (χ3n) is 2.63. The van der Waals surface area contributed by atoms with Crippen LogP contribution in [-0.4, -0.2) is 13.0 Å². The molecule has 90 valence electrons. The summed E-state index contributed by atoms with van der Waals surface area (Å²) in [5.41, 5.74) is 2.73. The first kappa shape index (κ1) is 13.1. The average Bonchev–Trinajstić information content (AvgIpc) is 2.20. The van der Waals surface area contributed by atoms with Crippen molar-refractivity contribution in [3.05, 3.63) is 34.9 Å². The van der Waals surface area contributed by atoms with Gasteiger partial charge in [-0.1, -0.05) is 30.7 Å². The number of benzene rings is 1. The molecule has 3 heteroatoms. The van der Waals surface area contributed by atoms with Crippen LogP contribution in [0.3, 0.4) is 0 Å². The molecule has 1 aromatic carbocycles. The van der Waals surface area contributed by atoms with E-state index in [-0.39, 0.29) is 0 Å². The van der Waals surface area contributed by atoms with E-state index in [0.29, 0.717) is 12.1 Å². The Morgan fingerprint density at radius 1 is 1.25 bits per heavy atom. The van der Waals surface area contributed by atoms with Gasteiger partial charge in [-0.3, -0.25) is 0 Å². The van der Waals surface area contributed by atoms with Gasteiger partial charge in [0.25, 0.3) is 6.43 Å². The van der Waals surface area contributed by atoms with Gasteiger partial charge < -0.3 is 5.32 Å². The number of alkyl halides is 2. The molecule has 1 nitrogen and oxygen atoms in total. The third kappa shape index (κ3) is 3.27. The normalized spacial score (nSPS) is 13.1. The Bertz CT molecular complexity index is 337. The summed E-state index contributed by atoms with van der Waals surface area (Å²) in [5.74, 6) is 0. The lowest BCUT2D eigenvalue weighted by Gasteiger charge is -2.20. The summed E-state index contributed by atoms with van der Waals surface area (Å²) in [5, 5.41) is 2.90. The molecule has 0 spiro atoms. The highest BCUT2D eigenvalue weighted by Crippen LogP contribution is 2.24. The van der Waals surface area contributed by atoms with Crippen molar-refractivity contribution in [1.82, 2.24) is 5.32 Å². The molecule has 0 aliphatic carbocycles. The van der Waals surface area contributed by atoms with Crippen LogP contribution in [0.2, 0.25) is 0 Å². The molecule has 1 aromatic rings. The van der Waals surface area contributed by atoms with E-state index >= 15 is 0 Å². The monoisotopic (exact) mass is 227 g/mol. The fourth-order valence-electron chi connectivity index (χ4n) is 1.81. The Hall–Kier alpha value is -0.960. The maximum atomic E-state index is 12.9. The van der Waals surface area contributed by atoms with Crippen molar-refractivity contribution in [3.8, 4) is 0 Å². The fraction of sp³-hybridized carbons (Fsp3) is 0.538. The quantitative estimate of drug-likeness (QED) is 0.810. The molecule has 0 bridgehead atoms. The van der Waals surface area contributed by atoms with Crippen molar-refractivity contribution in [3.63, 3.8) is 0 Å². The van der Waals surface area contributed by atoms with Gasteiger partial charge in [0.15, 0.2) is 0 Å². The summed E-state index contributed by atoms with van der Waals surface area (Å²) >= 11 is 0. The molecule has 1 unspecified atom stereocenters. The zero-order chi connectivity index (χ0) is 12.1. The molecule has 1 rings (SSSR count). The second kappa shape index (κ2) is 5.94. The lowest BCUT2D eigenvalue weighted by atomic mass is 9.99. The van der Waals surface area contributed by atoms with Crippen molar-refractivity contribution in [2.75, 3.05) is 6.54 Å². The molecular weight excluding hydrogens is 208 g/mol. The minimum absolute atomic E-state index is 0.613. The highest BCUT2D eigenvalue weighted by Gasteiger charge is 2.22. The summed E-state index contributed by atoms with van der Waals surface area (Å²) in [4.78, 5) is 0. The maximum Gasteiger partial charge on any atom is 0.257 e. The van der Waals surface area contributed by atoms with Crippen LogP contribution < -0.4 is 5.32 Å². The number of aryl methyl sites for hydroxylation is 2. The topological polar surface area (TPSA) is 12.0 Å². The Morgan fingerprint density at radius 2 is 1.94 bits per heavy atom. The molecule has 0 aliphatic heterocycles. The van der Waals surface area contributed by atoms with Crippen molar-refractivity contribution < 1.29 is 8.78 Å². The zero-order valence-corrected chi connectivity index (χ0v) is 10.1.